The van der Waals surface area contributed by atoms with Crippen molar-refractivity contribution in [2.24, 2.45) is 5.41 Å². The first kappa shape index (κ1) is 24.6. The molecule has 6 aromatic rings. The maximum absolute atomic E-state index is 8.69. The van der Waals surface area contributed by atoms with Crippen LogP contribution in [0.2, 0.25) is 0 Å². The van der Waals surface area contributed by atoms with E-state index in [4.69, 9.17) is 20.3 Å². The summed E-state index contributed by atoms with van der Waals surface area (Å²) in [5, 5.41) is 4.99. The van der Waals surface area contributed by atoms with Gasteiger partial charge in [-0.2, -0.15) is 0 Å². The molecule has 7 rings (SSSR count). The third-order valence-electron chi connectivity index (χ3n) is 8.11. The summed E-state index contributed by atoms with van der Waals surface area (Å²) >= 11 is 0. The van der Waals surface area contributed by atoms with Gasteiger partial charge in [0.2, 0.25) is 6.98 Å². The van der Waals surface area contributed by atoms with Gasteiger partial charge >= 0.3 is 0 Å². The van der Waals surface area contributed by atoms with Gasteiger partial charge in [-0.25, -0.2) is 0 Å². The van der Waals surface area contributed by atoms with E-state index in [0.717, 1.165) is 28.9 Å². The average Bonchev–Trinajstić information content (AvgIpc) is 3.56. The number of rotatable bonds is 5. The Kier molecular flexibility index (Phi) is 7.67. The molecule has 0 bridgehead atoms. The van der Waals surface area contributed by atoms with Crippen molar-refractivity contribution in [1.82, 2.24) is 9.97 Å². The van der Waals surface area contributed by atoms with Gasteiger partial charge in [-0.3, -0.25) is 4.98 Å². The molecule has 0 saturated heterocycles. The molecule has 0 saturated carbocycles. The van der Waals surface area contributed by atoms with Gasteiger partial charge in [0, 0.05) is 64.5 Å². The van der Waals surface area contributed by atoms with Gasteiger partial charge < -0.3 is 15.0 Å². The van der Waals surface area contributed by atoms with E-state index in [1.54, 1.807) is 42.6 Å². The van der Waals surface area contributed by atoms with Gasteiger partial charge in [-0.15, -0.1) is 35.0 Å². The van der Waals surface area contributed by atoms with E-state index in [-0.39, 0.29) is 49.5 Å². The smallest absolute Gasteiger partial charge is 0.213 e. The summed E-state index contributed by atoms with van der Waals surface area (Å²) in [6, 6.07) is 34.0. The SMILES string of the molecule is [2H]C([2H])([2H])c1c[c-]c(-c2cc(C([2H])([2H])[2H])c(C([2H])([2H])[2H])cn2)cc1-c1ccccc1.[2H]C([2H])(c1ccnc(B2[N-]c3ccccc3N2c2c(C)cccc2C)c1)C(C)(C)C.[Ir]. The molecule has 255 valence electrons. The molecule has 1 aliphatic heterocycles. The number of anilines is 2. The Balaban J connectivity index is 0.000000227. The number of aromatic nitrogens is 2. The Morgan fingerprint density at radius 2 is 1.52 bits per heavy atom. The molecule has 4 nitrogen and oxygen atoms in total. The van der Waals surface area contributed by atoms with Gasteiger partial charge in [-0.05, 0) is 91.0 Å². The number of benzene rings is 4. The van der Waals surface area contributed by atoms with E-state index in [1.807, 2.05) is 51.1 Å². The summed E-state index contributed by atoms with van der Waals surface area (Å²) in [6.45, 7) is 2.01. The van der Waals surface area contributed by atoms with Gasteiger partial charge in [0.05, 0.1) is 0 Å². The molecule has 3 heterocycles. The first-order valence-corrected chi connectivity index (χ1v) is 16.1. The fourth-order valence-corrected chi connectivity index (χ4v) is 5.92. The second kappa shape index (κ2) is 15.6. The van der Waals surface area contributed by atoms with Crippen molar-refractivity contribution in [3.63, 3.8) is 0 Å². The summed E-state index contributed by atoms with van der Waals surface area (Å²) in [6.07, 6.45) is 1.26. The zero-order chi connectivity index (χ0) is 44.0. The molecular weight excluding hydrogens is 788 g/mol. The number of aryl methyl sites for hydroxylation is 5. The summed E-state index contributed by atoms with van der Waals surface area (Å²) in [5.41, 5.74) is 7.43. The molecule has 0 aliphatic carbocycles. The van der Waals surface area contributed by atoms with Gasteiger partial charge in [0.1, 0.15) is 0 Å². The Morgan fingerprint density at radius 1 is 0.800 bits per heavy atom. The van der Waals surface area contributed by atoms with Gasteiger partial charge in [0.25, 0.3) is 0 Å². The number of hydrogen-bond donors (Lipinski definition) is 0. The van der Waals surface area contributed by atoms with Crippen LogP contribution in [0.4, 0.5) is 17.1 Å². The van der Waals surface area contributed by atoms with Crippen LogP contribution in [0, 0.1) is 45.9 Å². The van der Waals surface area contributed by atoms with Crippen molar-refractivity contribution in [3.05, 3.63) is 160 Å². The monoisotopic (exact) mass is 844 g/mol. The van der Waals surface area contributed by atoms with Crippen molar-refractivity contribution < 1.29 is 35.2 Å². The molecule has 50 heavy (non-hydrogen) atoms. The maximum atomic E-state index is 8.69. The van der Waals surface area contributed by atoms with Crippen LogP contribution in [0.3, 0.4) is 0 Å². The van der Waals surface area contributed by atoms with Crippen LogP contribution in [0.25, 0.3) is 27.6 Å². The van der Waals surface area contributed by atoms with Gasteiger partial charge in [0.15, 0.2) is 0 Å². The summed E-state index contributed by atoms with van der Waals surface area (Å²) in [7, 11) is 0. The van der Waals surface area contributed by atoms with Crippen molar-refractivity contribution in [2.75, 3.05) is 4.81 Å². The van der Waals surface area contributed by atoms with E-state index < -0.39 is 32.3 Å². The van der Waals surface area contributed by atoms with Crippen LogP contribution in [0.15, 0.2) is 116 Å². The van der Waals surface area contributed by atoms with E-state index in [9.17, 15) is 0 Å². The molecule has 0 fully saturated rings. The largest absolute Gasteiger partial charge is 0.681 e. The minimum atomic E-state index is -2.65. The number of nitrogens with zero attached hydrogens (tertiary/aromatic N) is 4. The fourth-order valence-electron chi connectivity index (χ4n) is 5.92. The van der Waals surface area contributed by atoms with Gasteiger partial charge in [-0.1, -0.05) is 112 Å². The third kappa shape index (κ3) is 8.26. The quantitative estimate of drug-likeness (QED) is 0.128. The molecule has 6 heteroatoms. The number of para-hydroxylation sites is 2. The number of fused-ring (bicyclic) bond motifs is 1. The molecular formula is C44H45BIrN4-2. The van der Waals surface area contributed by atoms with Crippen molar-refractivity contribution in [3.8, 4) is 22.4 Å². The molecule has 0 unspecified atom stereocenters. The van der Waals surface area contributed by atoms with E-state index >= 15 is 0 Å². The van der Waals surface area contributed by atoms with Crippen molar-refractivity contribution in [2.45, 2.75) is 61.5 Å². The topological polar surface area (TPSA) is 43.1 Å². The van der Waals surface area contributed by atoms with Crippen LogP contribution in [0.1, 0.15) is 69.2 Å². The normalized spacial score (nSPS) is 16.3. The van der Waals surface area contributed by atoms with Crippen LogP contribution >= 0.6 is 0 Å². The Bertz CT molecular complexity index is 2480. The zero-order valence-electron chi connectivity index (χ0n) is 39.7. The van der Waals surface area contributed by atoms with Crippen LogP contribution in [0.5, 0.6) is 0 Å². The summed E-state index contributed by atoms with van der Waals surface area (Å²) < 4.78 is 86.7. The van der Waals surface area contributed by atoms with Crippen LogP contribution in [-0.2, 0) is 26.5 Å². The Hall–Kier alpha value is -4.51. The minimum absolute atomic E-state index is 0. The first-order chi connectivity index (χ1) is 27.9. The van der Waals surface area contributed by atoms with E-state index in [2.05, 4.69) is 59.0 Å². The predicted molar refractivity (Wildman–Crippen MR) is 208 cm³/mol. The van der Waals surface area contributed by atoms with Crippen molar-refractivity contribution in [1.29, 1.82) is 0 Å². The molecule has 4 aromatic carbocycles. The predicted octanol–water partition coefficient (Wildman–Crippen LogP) is 11.0. The van der Waals surface area contributed by atoms with E-state index in [0.29, 0.717) is 22.3 Å². The Labute approximate surface area is 328 Å². The first-order valence-electron chi connectivity index (χ1n) is 21.6. The fraction of sp³-hybridized carbons (Fsp3) is 0.227. The molecule has 2 aromatic heterocycles. The molecule has 0 spiro atoms. The molecule has 0 atom stereocenters. The summed E-state index contributed by atoms with van der Waals surface area (Å²) in [4.78, 5) is 11.0. The van der Waals surface area contributed by atoms with E-state index in [1.165, 1.54) is 23.3 Å². The maximum Gasteiger partial charge on any atom is 0.213 e. The molecule has 0 N–H and O–H groups in total. The minimum Gasteiger partial charge on any atom is -0.681 e. The number of hydrogen-bond acceptors (Lipinski definition) is 3. The third-order valence-corrected chi connectivity index (χ3v) is 8.11. The molecule has 0 amide bonds. The number of pyridine rings is 2. The van der Waals surface area contributed by atoms with Crippen LogP contribution in [-0.4, -0.2) is 17.0 Å². The zero-order valence-corrected chi connectivity index (χ0v) is 31.1. The average molecular weight is 844 g/mol. The summed E-state index contributed by atoms with van der Waals surface area (Å²) in [5.74, 6) is 0. The second-order valence-electron chi connectivity index (χ2n) is 13.1. The molecule has 1 radical (unpaired) electrons. The van der Waals surface area contributed by atoms with Crippen molar-refractivity contribution >= 4 is 29.6 Å². The molecule has 1 aliphatic rings. The standard InChI is InChI=1S/C24H27BN3.C20H18N.Ir/c1-17-9-8-10-18(2)23(17)28-21-12-7-6-11-20(21)27-25(28)22-15-19(13-14-26-22)16-24(3,4)5;1-14-9-10-18(20-11-15(2)16(3)13-21-20)12-19(14)17-7-5-4-6-8-17;/h6-15H,16H2,1-5H3;4-9,11-13H,1-3H3;/q2*-1;/i16D2;1D3,2D3,3D3;. The van der Waals surface area contributed by atoms with Crippen LogP contribution < -0.4 is 10.4 Å². The second-order valence-corrected chi connectivity index (χ2v) is 13.1. The Morgan fingerprint density at radius 3 is 2.24 bits per heavy atom.